The molecular formula is C17H13FN2OS. The molecular weight excluding hydrogens is 299 g/mol. The molecule has 1 saturated heterocycles. The van der Waals surface area contributed by atoms with Crippen LogP contribution in [0.2, 0.25) is 0 Å². The summed E-state index contributed by atoms with van der Waals surface area (Å²) in [5.74, 6) is -0.599. The number of nitrogens with zero attached hydrogens (tertiary/aromatic N) is 1. The zero-order valence-electron chi connectivity index (χ0n) is 11.8. The van der Waals surface area contributed by atoms with E-state index in [1.54, 1.807) is 18.2 Å². The van der Waals surface area contributed by atoms with Gasteiger partial charge >= 0.3 is 0 Å². The van der Waals surface area contributed by atoms with E-state index in [4.69, 9.17) is 12.2 Å². The summed E-state index contributed by atoms with van der Waals surface area (Å²) in [6.45, 7) is 1.95. The van der Waals surface area contributed by atoms with Gasteiger partial charge in [0.05, 0.1) is 5.69 Å². The Labute approximate surface area is 133 Å². The molecule has 5 heteroatoms. The summed E-state index contributed by atoms with van der Waals surface area (Å²) in [7, 11) is 0. The first kappa shape index (κ1) is 14.4. The Morgan fingerprint density at radius 3 is 2.68 bits per heavy atom. The van der Waals surface area contributed by atoms with Gasteiger partial charge in [-0.3, -0.25) is 9.69 Å². The van der Waals surface area contributed by atoms with Gasteiger partial charge in [0.1, 0.15) is 11.5 Å². The molecule has 0 spiro atoms. The van der Waals surface area contributed by atoms with Crippen LogP contribution in [0.4, 0.5) is 10.1 Å². The number of nitrogens with one attached hydrogen (secondary N) is 1. The van der Waals surface area contributed by atoms with E-state index < -0.39 is 0 Å². The fourth-order valence-electron chi connectivity index (χ4n) is 2.30. The fraction of sp³-hybridized carbons (Fsp3) is 0.0588. The second-order valence-corrected chi connectivity index (χ2v) is 5.41. The first-order valence-electron chi connectivity index (χ1n) is 6.74. The van der Waals surface area contributed by atoms with Crippen LogP contribution in [0.1, 0.15) is 11.1 Å². The molecule has 0 radical (unpaired) electrons. The van der Waals surface area contributed by atoms with E-state index in [0.29, 0.717) is 22.1 Å². The van der Waals surface area contributed by atoms with E-state index in [0.717, 1.165) is 5.56 Å². The summed E-state index contributed by atoms with van der Waals surface area (Å²) in [6.07, 6.45) is 1.59. The number of rotatable bonds is 2. The van der Waals surface area contributed by atoms with E-state index in [1.807, 2.05) is 31.2 Å². The van der Waals surface area contributed by atoms with Gasteiger partial charge in [-0.1, -0.05) is 24.3 Å². The minimum absolute atomic E-state index is 0.250. The van der Waals surface area contributed by atoms with Crippen molar-refractivity contribution in [2.45, 2.75) is 6.92 Å². The van der Waals surface area contributed by atoms with Crippen LogP contribution in [0, 0.1) is 12.7 Å². The number of carbonyl (C=O) groups excluding carboxylic acids is 1. The molecule has 0 unspecified atom stereocenters. The van der Waals surface area contributed by atoms with E-state index in [2.05, 4.69) is 5.32 Å². The third-order valence-electron chi connectivity index (χ3n) is 3.30. The molecule has 1 fully saturated rings. The molecule has 1 N–H and O–H groups in total. The van der Waals surface area contributed by atoms with Gasteiger partial charge in [-0.15, -0.1) is 0 Å². The molecule has 0 aromatic heterocycles. The lowest BCUT2D eigenvalue weighted by Gasteiger charge is -2.14. The Morgan fingerprint density at radius 2 is 1.95 bits per heavy atom. The van der Waals surface area contributed by atoms with Crippen molar-refractivity contribution in [3.8, 4) is 0 Å². The normalized spacial score (nSPS) is 16.3. The van der Waals surface area contributed by atoms with Crippen molar-refractivity contribution in [3.63, 3.8) is 0 Å². The van der Waals surface area contributed by atoms with E-state index in [9.17, 15) is 9.18 Å². The highest BCUT2D eigenvalue weighted by atomic mass is 32.1. The van der Waals surface area contributed by atoms with Crippen molar-refractivity contribution in [1.82, 2.24) is 5.32 Å². The smallest absolute Gasteiger partial charge is 0.281 e. The molecule has 2 aromatic rings. The average molecular weight is 312 g/mol. The maximum atomic E-state index is 13.2. The SMILES string of the molecule is Cc1cccc(N2C(=O)/C(=C\c3cccc(F)c3)NC2=S)c1. The molecule has 3 nitrogen and oxygen atoms in total. The standard InChI is InChI=1S/C17H13FN2OS/c1-11-4-2-7-14(8-11)20-16(21)15(19-17(20)22)10-12-5-3-6-13(18)9-12/h2-10H,1H3,(H,19,22)/b15-10+. The number of aryl methyl sites for hydroxylation is 1. The van der Waals surface area contributed by atoms with Gasteiger partial charge in [-0.05, 0) is 60.6 Å². The van der Waals surface area contributed by atoms with Crippen molar-refractivity contribution in [2.24, 2.45) is 0 Å². The maximum Gasteiger partial charge on any atom is 0.281 e. The van der Waals surface area contributed by atoms with Crippen molar-refractivity contribution in [1.29, 1.82) is 0 Å². The van der Waals surface area contributed by atoms with Crippen molar-refractivity contribution in [3.05, 3.63) is 71.2 Å². The highest BCUT2D eigenvalue weighted by Gasteiger charge is 2.31. The number of amides is 1. The number of carbonyl (C=O) groups is 1. The summed E-state index contributed by atoms with van der Waals surface area (Å²) in [5.41, 5.74) is 2.68. The molecule has 1 aliphatic rings. The van der Waals surface area contributed by atoms with Gasteiger partial charge in [-0.25, -0.2) is 4.39 Å². The highest BCUT2D eigenvalue weighted by molar-refractivity contribution is 7.80. The van der Waals surface area contributed by atoms with Gasteiger partial charge in [0.25, 0.3) is 5.91 Å². The summed E-state index contributed by atoms with van der Waals surface area (Å²) in [6, 6.07) is 13.6. The molecule has 22 heavy (non-hydrogen) atoms. The number of benzene rings is 2. The third kappa shape index (κ3) is 2.76. The molecule has 0 saturated carbocycles. The lowest BCUT2D eigenvalue weighted by molar-refractivity contribution is -0.113. The van der Waals surface area contributed by atoms with Crippen LogP contribution in [0.3, 0.4) is 0 Å². The number of thiocarbonyl (C=S) groups is 1. The molecule has 110 valence electrons. The van der Waals surface area contributed by atoms with Gasteiger partial charge in [-0.2, -0.15) is 0 Å². The molecule has 1 heterocycles. The molecule has 3 rings (SSSR count). The first-order chi connectivity index (χ1) is 10.5. The third-order valence-corrected chi connectivity index (χ3v) is 3.58. The Hall–Kier alpha value is -2.53. The maximum absolute atomic E-state index is 13.2. The predicted molar refractivity (Wildman–Crippen MR) is 88.8 cm³/mol. The molecule has 2 aromatic carbocycles. The highest BCUT2D eigenvalue weighted by Crippen LogP contribution is 2.23. The molecule has 1 amide bonds. The largest absolute Gasteiger partial charge is 0.327 e. The lowest BCUT2D eigenvalue weighted by Crippen LogP contribution is -2.30. The second-order valence-electron chi connectivity index (χ2n) is 5.02. The van der Waals surface area contributed by atoms with Crippen molar-refractivity contribution < 1.29 is 9.18 Å². The zero-order valence-corrected chi connectivity index (χ0v) is 12.7. The van der Waals surface area contributed by atoms with Crippen LogP contribution >= 0.6 is 12.2 Å². The monoisotopic (exact) mass is 312 g/mol. The minimum Gasteiger partial charge on any atom is -0.327 e. The number of anilines is 1. The zero-order chi connectivity index (χ0) is 15.7. The van der Waals surface area contributed by atoms with E-state index in [-0.39, 0.29) is 11.7 Å². The summed E-state index contributed by atoms with van der Waals surface area (Å²) in [4.78, 5) is 14.0. The van der Waals surface area contributed by atoms with Crippen LogP contribution in [-0.2, 0) is 4.79 Å². The number of hydrogen-bond acceptors (Lipinski definition) is 2. The first-order valence-corrected chi connectivity index (χ1v) is 7.15. The Bertz CT molecular complexity index is 801. The van der Waals surface area contributed by atoms with E-state index >= 15 is 0 Å². The number of hydrogen-bond donors (Lipinski definition) is 1. The number of halogens is 1. The molecule has 0 aliphatic carbocycles. The summed E-state index contributed by atoms with van der Waals surface area (Å²) < 4.78 is 13.2. The lowest BCUT2D eigenvalue weighted by atomic mass is 10.2. The molecule has 0 atom stereocenters. The Kier molecular flexibility index (Phi) is 3.73. The van der Waals surface area contributed by atoms with Crippen LogP contribution < -0.4 is 10.2 Å². The van der Waals surface area contributed by atoms with Gasteiger partial charge in [0.15, 0.2) is 5.11 Å². The fourth-order valence-corrected chi connectivity index (χ4v) is 2.60. The summed E-state index contributed by atoms with van der Waals surface area (Å²) in [5, 5.41) is 3.20. The topological polar surface area (TPSA) is 32.3 Å². The van der Waals surface area contributed by atoms with Crippen LogP contribution in [-0.4, -0.2) is 11.0 Å². The van der Waals surface area contributed by atoms with Gasteiger partial charge in [0.2, 0.25) is 0 Å². The van der Waals surface area contributed by atoms with Gasteiger partial charge < -0.3 is 5.32 Å². The summed E-state index contributed by atoms with van der Waals surface area (Å²) >= 11 is 5.24. The van der Waals surface area contributed by atoms with Crippen LogP contribution in [0.5, 0.6) is 0 Å². The van der Waals surface area contributed by atoms with Gasteiger partial charge in [0, 0.05) is 0 Å². The van der Waals surface area contributed by atoms with Crippen LogP contribution in [0.15, 0.2) is 54.2 Å². The molecule has 1 aliphatic heterocycles. The average Bonchev–Trinajstić information content (AvgIpc) is 2.73. The Morgan fingerprint density at radius 1 is 1.18 bits per heavy atom. The van der Waals surface area contributed by atoms with E-state index in [1.165, 1.54) is 17.0 Å². The van der Waals surface area contributed by atoms with Crippen LogP contribution in [0.25, 0.3) is 6.08 Å². The predicted octanol–water partition coefficient (Wildman–Crippen LogP) is 3.40. The second kappa shape index (κ2) is 5.69. The molecule has 0 bridgehead atoms. The van der Waals surface area contributed by atoms with Crippen molar-refractivity contribution in [2.75, 3.05) is 4.90 Å². The minimum atomic E-state index is -0.349. The quantitative estimate of drug-likeness (QED) is 0.681. The Balaban J connectivity index is 1.95. The van der Waals surface area contributed by atoms with Crippen molar-refractivity contribution >= 4 is 35.0 Å².